The molecule has 0 saturated heterocycles. The molecule has 182 valence electrons. The molecule has 1 aliphatic carbocycles. The number of esters is 1. The third kappa shape index (κ3) is 4.70. The molecule has 3 aliphatic rings. The molecule has 1 aromatic carbocycles. The average Bonchev–Trinajstić information content (AvgIpc) is 3.09. The van der Waals surface area contributed by atoms with Crippen LogP contribution in [0.1, 0.15) is 54.5 Å². The van der Waals surface area contributed by atoms with Crippen LogP contribution in [0, 0.1) is 5.92 Å². The maximum absolute atomic E-state index is 13.7. The zero-order valence-corrected chi connectivity index (χ0v) is 19.9. The second-order valence-electron chi connectivity index (χ2n) is 9.04. The fraction of sp³-hybridized carbons (Fsp3) is 0.520. The van der Waals surface area contributed by atoms with Crippen molar-refractivity contribution in [1.82, 2.24) is 14.5 Å². The third-order valence-corrected chi connectivity index (χ3v) is 6.55. The summed E-state index contributed by atoms with van der Waals surface area (Å²) in [5, 5.41) is 0. The van der Waals surface area contributed by atoms with Crippen molar-refractivity contribution in [2.75, 3.05) is 27.3 Å². The van der Waals surface area contributed by atoms with E-state index in [2.05, 4.69) is 4.98 Å². The monoisotopic (exact) mass is 469 g/mol. The van der Waals surface area contributed by atoms with Gasteiger partial charge in [0.25, 0.3) is 5.56 Å². The van der Waals surface area contributed by atoms with Crippen molar-refractivity contribution in [2.45, 2.75) is 51.4 Å². The van der Waals surface area contributed by atoms with Gasteiger partial charge in [-0.05, 0) is 44.1 Å². The highest BCUT2D eigenvalue weighted by Gasteiger charge is 2.46. The van der Waals surface area contributed by atoms with Crippen LogP contribution < -0.4 is 10.3 Å². The predicted octanol–water partition coefficient (Wildman–Crippen LogP) is 2.50. The molecule has 1 fully saturated rings. The minimum Gasteiger partial charge on any atom is -0.481 e. The quantitative estimate of drug-likeness (QED) is 0.548. The summed E-state index contributed by atoms with van der Waals surface area (Å²) in [4.78, 5) is 44.9. The summed E-state index contributed by atoms with van der Waals surface area (Å²) in [6.07, 6.45) is 2.93. The van der Waals surface area contributed by atoms with Crippen molar-refractivity contribution < 1.29 is 23.8 Å². The van der Waals surface area contributed by atoms with Gasteiger partial charge in [-0.3, -0.25) is 14.2 Å². The number of fused-ring (bicyclic) bond motifs is 2. The molecule has 0 spiro atoms. The Balaban J connectivity index is 1.78. The van der Waals surface area contributed by atoms with Crippen LogP contribution in [0.25, 0.3) is 0 Å². The summed E-state index contributed by atoms with van der Waals surface area (Å²) in [6, 6.07) is 9.40. The molecule has 2 aliphatic heterocycles. The van der Waals surface area contributed by atoms with Crippen LogP contribution in [0.15, 0.2) is 35.1 Å². The van der Waals surface area contributed by atoms with Gasteiger partial charge in [-0.25, -0.2) is 9.78 Å². The summed E-state index contributed by atoms with van der Waals surface area (Å²) in [7, 11) is 3.33. The summed E-state index contributed by atoms with van der Waals surface area (Å²) in [6.45, 7) is 2.29. The number of carbonyl (C=O) groups is 2. The lowest BCUT2D eigenvalue weighted by molar-refractivity contribution is -0.146. The topological polar surface area (TPSA) is 100.0 Å². The van der Waals surface area contributed by atoms with Crippen LogP contribution in [-0.4, -0.2) is 53.6 Å². The first kappa shape index (κ1) is 23.9. The number of carbonyl (C=O) groups excluding carboxylic acids is 2. The SMILES string of the molecule is CCOC(=O)c1nc2n(c(=O)c1OCc1ccccc1)CC1CCC2(OCC(=O)N(C)C)CC1. The minimum absolute atomic E-state index is 0.117. The Morgan fingerprint density at radius 2 is 1.88 bits per heavy atom. The Morgan fingerprint density at radius 3 is 2.53 bits per heavy atom. The standard InChI is InChI=1S/C25H31N3O6/c1-4-32-23(31)20-21(33-15-18-8-6-5-7-9-18)22(30)28-14-17-10-12-25(13-11-17,24(28)26-20)34-16-19(29)27(2)3/h5-9,17H,4,10-16H2,1-3H3. The Hall–Kier alpha value is -3.20. The number of hydrogen-bond donors (Lipinski definition) is 0. The molecule has 1 amide bonds. The number of nitrogens with zero attached hydrogens (tertiary/aromatic N) is 3. The first-order chi connectivity index (χ1) is 16.3. The number of likely N-dealkylation sites (N-methyl/N-ethyl adjacent to an activating group) is 1. The average molecular weight is 470 g/mol. The number of aromatic nitrogens is 2. The largest absolute Gasteiger partial charge is 0.481 e. The molecule has 2 bridgehead atoms. The molecular weight excluding hydrogens is 438 g/mol. The molecule has 34 heavy (non-hydrogen) atoms. The van der Waals surface area contributed by atoms with E-state index in [1.165, 1.54) is 4.90 Å². The lowest BCUT2D eigenvalue weighted by Crippen LogP contribution is -2.41. The molecule has 2 aromatic rings. The second-order valence-corrected chi connectivity index (χ2v) is 9.04. The highest BCUT2D eigenvalue weighted by atomic mass is 16.5. The smallest absolute Gasteiger partial charge is 0.361 e. The zero-order chi connectivity index (χ0) is 24.3. The van der Waals surface area contributed by atoms with Gasteiger partial charge in [-0.1, -0.05) is 30.3 Å². The van der Waals surface area contributed by atoms with E-state index in [9.17, 15) is 14.4 Å². The van der Waals surface area contributed by atoms with Crippen molar-refractivity contribution in [3.63, 3.8) is 0 Å². The minimum atomic E-state index is -0.920. The van der Waals surface area contributed by atoms with Crippen LogP contribution in [0.4, 0.5) is 0 Å². The van der Waals surface area contributed by atoms with Gasteiger partial charge in [0.2, 0.25) is 11.7 Å². The summed E-state index contributed by atoms with van der Waals surface area (Å²) < 4.78 is 18.9. The molecule has 0 unspecified atom stereocenters. The van der Waals surface area contributed by atoms with Crippen LogP contribution in [-0.2, 0) is 33.0 Å². The number of benzene rings is 1. The normalized spacial score (nSPS) is 20.9. The van der Waals surface area contributed by atoms with Crippen molar-refractivity contribution >= 4 is 11.9 Å². The van der Waals surface area contributed by atoms with Gasteiger partial charge in [0.05, 0.1) is 6.61 Å². The van der Waals surface area contributed by atoms with E-state index in [0.29, 0.717) is 25.2 Å². The van der Waals surface area contributed by atoms with E-state index in [0.717, 1.165) is 18.4 Å². The first-order valence-electron chi connectivity index (χ1n) is 11.7. The van der Waals surface area contributed by atoms with E-state index >= 15 is 0 Å². The zero-order valence-electron chi connectivity index (χ0n) is 19.9. The second kappa shape index (κ2) is 9.97. The van der Waals surface area contributed by atoms with Crippen molar-refractivity contribution in [2.24, 2.45) is 5.92 Å². The van der Waals surface area contributed by atoms with Crippen LogP contribution in [0.3, 0.4) is 0 Å². The molecule has 5 rings (SSSR count). The fourth-order valence-corrected chi connectivity index (χ4v) is 4.60. The van der Waals surface area contributed by atoms with E-state index in [1.54, 1.807) is 25.6 Å². The molecule has 0 radical (unpaired) electrons. The summed E-state index contributed by atoms with van der Waals surface area (Å²) >= 11 is 0. The lowest BCUT2D eigenvalue weighted by Gasteiger charge is -2.36. The predicted molar refractivity (Wildman–Crippen MR) is 124 cm³/mol. The van der Waals surface area contributed by atoms with E-state index < -0.39 is 17.1 Å². The maximum Gasteiger partial charge on any atom is 0.361 e. The molecular formula is C25H31N3O6. The van der Waals surface area contributed by atoms with Gasteiger partial charge >= 0.3 is 5.97 Å². The van der Waals surface area contributed by atoms with Gasteiger partial charge in [0, 0.05) is 20.6 Å². The Kier molecular flexibility index (Phi) is 7.02. The summed E-state index contributed by atoms with van der Waals surface area (Å²) in [5.74, 6) is -0.351. The Bertz CT molecular complexity index is 1100. The maximum atomic E-state index is 13.7. The van der Waals surface area contributed by atoms with Crippen LogP contribution in [0.2, 0.25) is 0 Å². The molecule has 9 heteroatoms. The van der Waals surface area contributed by atoms with Crippen LogP contribution in [0.5, 0.6) is 5.75 Å². The molecule has 0 N–H and O–H groups in total. The van der Waals surface area contributed by atoms with Crippen molar-refractivity contribution in [1.29, 1.82) is 0 Å². The Labute approximate surface area is 198 Å². The van der Waals surface area contributed by atoms with Gasteiger partial charge in [0.15, 0.2) is 5.69 Å². The number of ether oxygens (including phenoxy) is 3. The van der Waals surface area contributed by atoms with Gasteiger partial charge < -0.3 is 19.1 Å². The molecule has 1 saturated carbocycles. The van der Waals surface area contributed by atoms with Crippen molar-refractivity contribution in [3.05, 3.63) is 57.8 Å². The van der Waals surface area contributed by atoms with E-state index in [-0.39, 0.29) is 43.1 Å². The molecule has 3 heterocycles. The fourth-order valence-electron chi connectivity index (χ4n) is 4.60. The van der Waals surface area contributed by atoms with Crippen molar-refractivity contribution in [3.8, 4) is 5.75 Å². The number of amides is 1. The number of hydrogen-bond acceptors (Lipinski definition) is 7. The molecule has 9 nitrogen and oxygen atoms in total. The van der Waals surface area contributed by atoms with Gasteiger partial charge in [0.1, 0.15) is 24.6 Å². The third-order valence-electron chi connectivity index (χ3n) is 6.55. The number of rotatable bonds is 8. The van der Waals surface area contributed by atoms with E-state index in [4.69, 9.17) is 14.2 Å². The first-order valence-corrected chi connectivity index (χ1v) is 11.7. The van der Waals surface area contributed by atoms with E-state index in [1.807, 2.05) is 30.3 Å². The highest BCUT2D eigenvalue weighted by Crippen LogP contribution is 2.45. The van der Waals surface area contributed by atoms with Gasteiger partial charge in [-0.2, -0.15) is 0 Å². The lowest BCUT2D eigenvalue weighted by atomic mass is 9.80. The highest BCUT2D eigenvalue weighted by molar-refractivity contribution is 5.90. The summed E-state index contributed by atoms with van der Waals surface area (Å²) in [5.41, 5.74) is -0.637. The Morgan fingerprint density at radius 1 is 1.18 bits per heavy atom. The molecule has 1 aromatic heterocycles. The van der Waals surface area contributed by atoms with Crippen LogP contribution >= 0.6 is 0 Å². The molecule has 0 atom stereocenters. The van der Waals surface area contributed by atoms with Gasteiger partial charge in [-0.15, -0.1) is 0 Å².